The zero-order valence-electron chi connectivity index (χ0n) is 10.5. The molecule has 5 heteroatoms. The van der Waals surface area contributed by atoms with Crippen molar-refractivity contribution < 1.29 is 9.84 Å². The fourth-order valence-electron chi connectivity index (χ4n) is 1.42. The first-order chi connectivity index (χ1) is 9.13. The molecule has 0 saturated heterocycles. The molecule has 0 radical (unpaired) electrons. The van der Waals surface area contributed by atoms with E-state index in [0.717, 1.165) is 19.4 Å². The lowest BCUT2D eigenvalue weighted by molar-refractivity contribution is 0.106. The van der Waals surface area contributed by atoms with Crippen LogP contribution in [0.1, 0.15) is 12.8 Å². The number of benzene rings is 1. The molecule has 1 atom stereocenters. The first-order valence-electron chi connectivity index (χ1n) is 6.03. The van der Waals surface area contributed by atoms with Gasteiger partial charge in [-0.3, -0.25) is 0 Å². The van der Waals surface area contributed by atoms with Crippen molar-refractivity contribution >= 4 is 23.2 Å². The predicted molar refractivity (Wildman–Crippen MR) is 78.9 cm³/mol. The van der Waals surface area contributed by atoms with Gasteiger partial charge in [-0.15, -0.1) is 12.3 Å². The van der Waals surface area contributed by atoms with E-state index in [1.807, 2.05) is 0 Å². The fraction of sp³-hybridized carbons (Fsp3) is 0.429. The van der Waals surface area contributed by atoms with Gasteiger partial charge in [-0.2, -0.15) is 0 Å². The van der Waals surface area contributed by atoms with Crippen LogP contribution >= 0.6 is 23.2 Å². The summed E-state index contributed by atoms with van der Waals surface area (Å²) < 4.78 is 5.42. The molecule has 104 valence electrons. The van der Waals surface area contributed by atoms with Crippen LogP contribution in [0.5, 0.6) is 5.75 Å². The second-order valence-corrected chi connectivity index (χ2v) is 4.90. The lowest BCUT2D eigenvalue weighted by atomic mass is 10.3. The van der Waals surface area contributed by atoms with Gasteiger partial charge in [-0.05, 0) is 25.1 Å². The second-order valence-electron chi connectivity index (χ2n) is 4.05. The van der Waals surface area contributed by atoms with Crippen molar-refractivity contribution in [3.8, 4) is 18.1 Å². The second kappa shape index (κ2) is 9.06. The number of unbranched alkanes of at least 4 members (excludes halogenated alkanes) is 1. The van der Waals surface area contributed by atoms with Crippen molar-refractivity contribution in [2.45, 2.75) is 18.9 Å². The number of ether oxygens (including phenoxy) is 1. The average Bonchev–Trinajstić information content (AvgIpc) is 2.39. The quantitative estimate of drug-likeness (QED) is 0.573. The molecule has 0 aliphatic heterocycles. The third-order valence-electron chi connectivity index (χ3n) is 2.38. The van der Waals surface area contributed by atoms with E-state index in [0.29, 0.717) is 22.3 Å². The normalized spacial score (nSPS) is 11.9. The van der Waals surface area contributed by atoms with Crippen molar-refractivity contribution in [3.05, 3.63) is 28.2 Å². The molecule has 1 rings (SSSR count). The highest BCUT2D eigenvalue weighted by atomic mass is 35.5. The zero-order valence-corrected chi connectivity index (χ0v) is 12.0. The van der Waals surface area contributed by atoms with Gasteiger partial charge in [0, 0.05) is 24.1 Å². The summed E-state index contributed by atoms with van der Waals surface area (Å²) >= 11 is 11.8. The fourth-order valence-corrected chi connectivity index (χ4v) is 1.75. The molecule has 0 aliphatic rings. The standard InChI is InChI=1S/C14H17Cl2NO2/c1-2-3-4-7-17-9-12(18)10-19-14-8-11(15)5-6-13(14)16/h1,5-6,8,12,17-18H,3-4,7,9-10H2. The van der Waals surface area contributed by atoms with Crippen LogP contribution in [0.2, 0.25) is 10.0 Å². The molecular formula is C14H17Cl2NO2. The van der Waals surface area contributed by atoms with Crippen LogP contribution in [-0.2, 0) is 0 Å². The summed E-state index contributed by atoms with van der Waals surface area (Å²) in [5.74, 6) is 3.03. The Labute approximate surface area is 123 Å². The zero-order chi connectivity index (χ0) is 14.1. The number of aliphatic hydroxyl groups excluding tert-OH is 1. The molecule has 1 aromatic rings. The Bertz CT molecular complexity index is 432. The van der Waals surface area contributed by atoms with Gasteiger partial charge in [0.1, 0.15) is 18.5 Å². The summed E-state index contributed by atoms with van der Waals surface area (Å²) in [7, 11) is 0. The first kappa shape index (κ1) is 16.1. The molecule has 1 unspecified atom stereocenters. The van der Waals surface area contributed by atoms with Crippen LogP contribution in [0.25, 0.3) is 0 Å². The van der Waals surface area contributed by atoms with E-state index in [4.69, 9.17) is 34.4 Å². The van der Waals surface area contributed by atoms with E-state index in [2.05, 4.69) is 11.2 Å². The highest BCUT2D eigenvalue weighted by Gasteiger charge is 2.07. The number of halogens is 2. The van der Waals surface area contributed by atoms with Crippen molar-refractivity contribution in [3.63, 3.8) is 0 Å². The molecule has 3 nitrogen and oxygen atoms in total. The molecule has 0 heterocycles. The molecular weight excluding hydrogens is 285 g/mol. The number of rotatable bonds is 8. The molecule has 0 fully saturated rings. The molecule has 19 heavy (non-hydrogen) atoms. The molecule has 0 spiro atoms. The molecule has 1 aromatic carbocycles. The summed E-state index contributed by atoms with van der Waals surface area (Å²) in [6.07, 6.45) is 6.16. The summed E-state index contributed by atoms with van der Waals surface area (Å²) in [6.45, 7) is 1.38. The van der Waals surface area contributed by atoms with E-state index < -0.39 is 6.10 Å². The van der Waals surface area contributed by atoms with Gasteiger partial charge in [0.2, 0.25) is 0 Å². The minimum absolute atomic E-state index is 0.155. The van der Waals surface area contributed by atoms with E-state index in [9.17, 15) is 5.11 Å². The number of hydrogen-bond acceptors (Lipinski definition) is 3. The van der Waals surface area contributed by atoms with Crippen LogP contribution in [-0.4, -0.2) is 30.9 Å². The highest BCUT2D eigenvalue weighted by molar-refractivity contribution is 6.34. The maximum atomic E-state index is 9.72. The Balaban J connectivity index is 2.24. The van der Waals surface area contributed by atoms with E-state index >= 15 is 0 Å². The SMILES string of the molecule is C#CCCCNCC(O)COc1cc(Cl)ccc1Cl. The summed E-state index contributed by atoms with van der Waals surface area (Å²) in [4.78, 5) is 0. The van der Waals surface area contributed by atoms with Gasteiger partial charge >= 0.3 is 0 Å². The lowest BCUT2D eigenvalue weighted by Crippen LogP contribution is -2.32. The van der Waals surface area contributed by atoms with Crippen molar-refractivity contribution in [1.29, 1.82) is 0 Å². The monoisotopic (exact) mass is 301 g/mol. The Morgan fingerprint density at radius 3 is 2.95 bits per heavy atom. The maximum Gasteiger partial charge on any atom is 0.139 e. The van der Waals surface area contributed by atoms with Crippen LogP contribution < -0.4 is 10.1 Å². The molecule has 0 aliphatic carbocycles. The minimum atomic E-state index is -0.610. The van der Waals surface area contributed by atoms with Crippen molar-refractivity contribution in [2.24, 2.45) is 0 Å². The topological polar surface area (TPSA) is 41.5 Å². The minimum Gasteiger partial charge on any atom is -0.489 e. The van der Waals surface area contributed by atoms with Gasteiger partial charge in [-0.1, -0.05) is 23.2 Å². The van der Waals surface area contributed by atoms with E-state index in [-0.39, 0.29) is 6.61 Å². The maximum absolute atomic E-state index is 9.72. The third kappa shape index (κ3) is 6.70. The van der Waals surface area contributed by atoms with Crippen LogP contribution in [0.4, 0.5) is 0 Å². The summed E-state index contributed by atoms with van der Waals surface area (Å²) in [5, 5.41) is 13.8. The summed E-state index contributed by atoms with van der Waals surface area (Å²) in [5.41, 5.74) is 0. The Morgan fingerprint density at radius 1 is 1.42 bits per heavy atom. The van der Waals surface area contributed by atoms with Crippen molar-refractivity contribution in [1.82, 2.24) is 5.32 Å². The predicted octanol–water partition coefficient (Wildman–Crippen LogP) is 2.74. The number of terminal acetylenes is 1. The number of hydrogen-bond donors (Lipinski definition) is 2. The number of aliphatic hydroxyl groups is 1. The van der Waals surface area contributed by atoms with Crippen LogP contribution in [0.3, 0.4) is 0 Å². The Morgan fingerprint density at radius 2 is 2.21 bits per heavy atom. The Hall–Kier alpha value is -0.920. The van der Waals surface area contributed by atoms with Gasteiger partial charge in [-0.25, -0.2) is 0 Å². The van der Waals surface area contributed by atoms with Gasteiger partial charge in [0.15, 0.2) is 0 Å². The molecule has 0 saturated carbocycles. The number of nitrogens with one attached hydrogen (secondary N) is 1. The molecule has 0 bridgehead atoms. The molecule has 2 N–H and O–H groups in total. The average molecular weight is 302 g/mol. The Kier molecular flexibility index (Phi) is 7.69. The first-order valence-corrected chi connectivity index (χ1v) is 6.79. The van der Waals surface area contributed by atoms with Gasteiger partial charge < -0.3 is 15.2 Å². The van der Waals surface area contributed by atoms with Gasteiger partial charge in [0.25, 0.3) is 0 Å². The van der Waals surface area contributed by atoms with E-state index in [1.54, 1.807) is 18.2 Å². The van der Waals surface area contributed by atoms with Gasteiger partial charge in [0.05, 0.1) is 5.02 Å². The van der Waals surface area contributed by atoms with Crippen LogP contribution in [0.15, 0.2) is 18.2 Å². The van der Waals surface area contributed by atoms with Crippen LogP contribution in [0, 0.1) is 12.3 Å². The van der Waals surface area contributed by atoms with E-state index in [1.165, 1.54) is 0 Å². The largest absolute Gasteiger partial charge is 0.489 e. The highest BCUT2D eigenvalue weighted by Crippen LogP contribution is 2.27. The smallest absolute Gasteiger partial charge is 0.139 e. The molecule has 0 aromatic heterocycles. The molecule has 0 amide bonds. The third-order valence-corrected chi connectivity index (χ3v) is 2.93. The summed E-state index contributed by atoms with van der Waals surface area (Å²) in [6, 6.07) is 4.96. The van der Waals surface area contributed by atoms with Crippen molar-refractivity contribution in [2.75, 3.05) is 19.7 Å². The lowest BCUT2D eigenvalue weighted by Gasteiger charge is -2.14.